The van der Waals surface area contributed by atoms with Gasteiger partial charge in [-0.2, -0.15) is 5.10 Å². The Kier molecular flexibility index (Phi) is 5.27. The maximum Gasteiger partial charge on any atom is 0.296 e. The minimum atomic E-state index is -0.366. The number of carbonyl (C=O) groups is 1. The van der Waals surface area contributed by atoms with E-state index in [2.05, 4.69) is 44.8 Å². The first-order valence-corrected chi connectivity index (χ1v) is 11.0. The second-order valence-electron chi connectivity index (χ2n) is 8.05. The van der Waals surface area contributed by atoms with Gasteiger partial charge >= 0.3 is 0 Å². The van der Waals surface area contributed by atoms with Crippen LogP contribution in [0.5, 0.6) is 0 Å². The fourth-order valence-electron chi connectivity index (χ4n) is 4.30. The molecule has 1 aliphatic carbocycles. The average molecular weight is 447 g/mol. The summed E-state index contributed by atoms with van der Waals surface area (Å²) < 4.78 is 3.56. The number of hydrogen-bond donors (Lipinski definition) is 1. The third-order valence-corrected chi connectivity index (χ3v) is 6.14. The minimum Gasteiger partial charge on any atom is -0.304 e. The van der Waals surface area contributed by atoms with Crippen molar-refractivity contribution in [3.63, 3.8) is 0 Å². The third kappa shape index (κ3) is 3.69. The zero-order chi connectivity index (χ0) is 22.2. The van der Waals surface area contributed by atoms with Gasteiger partial charge in [-0.1, -0.05) is 35.9 Å². The molecule has 1 aliphatic rings. The van der Waals surface area contributed by atoms with E-state index in [-0.39, 0.29) is 17.8 Å². The number of anilines is 1. The summed E-state index contributed by atoms with van der Waals surface area (Å²) in [4.78, 5) is 17.5. The van der Waals surface area contributed by atoms with Gasteiger partial charge in [0.2, 0.25) is 5.82 Å². The van der Waals surface area contributed by atoms with E-state index < -0.39 is 0 Å². The predicted molar refractivity (Wildman–Crippen MR) is 124 cm³/mol. The molecule has 1 atom stereocenters. The number of nitrogens with zero attached hydrogens (tertiary/aromatic N) is 5. The van der Waals surface area contributed by atoms with Crippen molar-refractivity contribution in [1.29, 1.82) is 0 Å². The van der Waals surface area contributed by atoms with Crippen LogP contribution in [0.25, 0.3) is 5.69 Å². The Morgan fingerprint density at radius 2 is 1.91 bits per heavy atom. The van der Waals surface area contributed by atoms with Crippen LogP contribution in [0.15, 0.2) is 54.7 Å². The van der Waals surface area contributed by atoms with E-state index in [1.54, 1.807) is 23.0 Å². The van der Waals surface area contributed by atoms with Crippen LogP contribution in [0.1, 0.15) is 52.0 Å². The van der Waals surface area contributed by atoms with Crippen molar-refractivity contribution < 1.29 is 4.79 Å². The molecule has 162 valence electrons. The first-order chi connectivity index (χ1) is 15.5. The highest BCUT2D eigenvalue weighted by Gasteiger charge is 2.26. The van der Waals surface area contributed by atoms with E-state index in [9.17, 15) is 4.79 Å². The van der Waals surface area contributed by atoms with Gasteiger partial charge in [-0.15, -0.1) is 5.10 Å². The number of amides is 1. The third-order valence-electron chi connectivity index (χ3n) is 5.89. The first-order valence-electron chi connectivity index (χ1n) is 10.6. The van der Waals surface area contributed by atoms with Crippen LogP contribution in [-0.2, 0) is 6.42 Å². The van der Waals surface area contributed by atoms with Gasteiger partial charge in [0.15, 0.2) is 0 Å². The molecule has 1 unspecified atom stereocenters. The van der Waals surface area contributed by atoms with E-state index in [4.69, 9.17) is 11.6 Å². The fourth-order valence-corrected chi connectivity index (χ4v) is 4.43. The molecule has 5 rings (SSSR count). The molecule has 0 saturated carbocycles. The molecule has 0 bridgehead atoms. The summed E-state index contributed by atoms with van der Waals surface area (Å²) in [6, 6.07) is 15.8. The van der Waals surface area contributed by atoms with E-state index in [0.717, 1.165) is 30.5 Å². The standard InChI is InChI=1S/C24H23ClN6O/c1-15-14-26-31(21-9-5-7-17-6-3-4-8-20(17)21)23(15)28-24(32)22-27-16(2)30(29-22)19-12-10-18(25)11-13-19/h3-4,6,8,10-14,21H,5,7,9H2,1-2H3,(H,28,32). The maximum absolute atomic E-state index is 13.1. The lowest BCUT2D eigenvalue weighted by atomic mass is 9.88. The molecule has 0 aliphatic heterocycles. The van der Waals surface area contributed by atoms with E-state index in [0.29, 0.717) is 16.7 Å². The molecule has 2 heterocycles. The van der Waals surface area contributed by atoms with Gasteiger partial charge in [0, 0.05) is 10.6 Å². The van der Waals surface area contributed by atoms with Gasteiger partial charge in [-0.3, -0.25) is 4.79 Å². The van der Waals surface area contributed by atoms with Gasteiger partial charge in [0.25, 0.3) is 5.91 Å². The lowest BCUT2D eigenvalue weighted by Gasteiger charge is -2.27. The molecular formula is C24H23ClN6O. The summed E-state index contributed by atoms with van der Waals surface area (Å²) in [6.07, 6.45) is 4.92. The molecule has 8 heteroatoms. The number of carbonyl (C=O) groups excluding carboxylic acids is 1. The molecule has 0 radical (unpaired) electrons. The van der Waals surface area contributed by atoms with Crippen LogP contribution in [0.4, 0.5) is 5.82 Å². The van der Waals surface area contributed by atoms with E-state index in [1.165, 1.54) is 11.1 Å². The molecule has 2 aromatic carbocycles. The number of aromatic nitrogens is 5. The Hall–Kier alpha value is -3.45. The summed E-state index contributed by atoms with van der Waals surface area (Å²) in [7, 11) is 0. The average Bonchev–Trinajstić information content (AvgIpc) is 3.37. The second-order valence-corrected chi connectivity index (χ2v) is 8.49. The van der Waals surface area contributed by atoms with Gasteiger partial charge < -0.3 is 5.32 Å². The summed E-state index contributed by atoms with van der Waals surface area (Å²) in [5, 5.41) is 12.7. The number of aryl methyl sites for hydroxylation is 3. The molecule has 1 amide bonds. The number of halogens is 1. The molecule has 32 heavy (non-hydrogen) atoms. The van der Waals surface area contributed by atoms with Crippen molar-refractivity contribution in [2.75, 3.05) is 5.32 Å². The number of rotatable bonds is 4. The lowest BCUT2D eigenvalue weighted by Crippen LogP contribution is -2.23. The zero-order valence-corrected chi connectivity index (χ0v) is 18.7. The Morgan fingerprint density at radius 1 is 1.12 bits per heavy atom. The minimum absolute atomic E-state index is 0.0882. The van der Waals surface area contributed by atoms with Crippen molar-refractivity contribution >= 4 is 23.3 Å². The number of benzene rings is 2. The Labute approximate surface area is 191 Å². The van der Waals surface area contributed by atoms with Crippen molar-refractivity contribution in [1.82, 2.24) is 24.5 Å². The van der Waals surface area contributed by atoms with Crippen molar-refractivity contribution in [2.45, 2.75) is 39.2 Å². The largest absolute Gasteiger partial charge is 0.304 e. The van der Waals surface area contributed by atoms with Crippen LogP contribution in [-0.4, -0.2) is 30.5 Å². The molecule has 1 N–H and O–H groups in total. The van der Waals surface area contributed by atoms with Crippen LogP contribution in [0, 0.1) is 13.8 Å². The molecule has 0 saturated heterocycles. The van der Waals surface area contributed by atoms with E-state index >= 15 is 0 Å². The van der Waals surface area contributed by atoms with Crippen LogP contribution >= 0.6 is 11.6 Å². The van der Waals surface area contributed by atoms with Gasteiger partial charge in [-0.05, 0) is 68.5 Å². The van der Waals surface area contributed by atoms with Gasteiger partial charge in [-0.25, -0.2) is 14.3 Å². The fraction of sp³-hybridized carbons (Fsp3) is 0.250. The van der Waals surface area contributed by atoms with Crippen LogP contribution < -0.4 is 5.32 Å². The summed E-state index contributed by atoms with van der Waals surface area (Å²) in [5.41, 5.74) is 4.29. The van der Waals surface area contributed by atoms with Crippen molar-refractivity contribution in [3.05, 3.63) is 88.1 Å². The van der Waals surface area contributed by atoms with E-state index in [1.807, 2.05) is 30.7 Å². The highest BCUT2D eigenvalue weighted by molar-refractivity contribution is 6.30. The summed E-state index contributed by atoms with van der Waals surface area (Å²) in [5.74, 6) is 1.03. The number of fused-ring (bicyclic) bond motifs is 1. The normalized spacial score (nSPS) is 15.4. The molecule has 4 aromatic rings. The zero-order valence-electron chi connectivity index (χ0n) is 17.9. The highest BCUT2D eigenvalue weighted by atomic mass is 35.5. The van der Waals surface area contributed by atoms with Crippen molar-refractivity contribution in [2.24, 2.45) is 0 Å². The Balaban J connectivity index is 1.44. The van der Waals surface area contributed by atoms with Crippen LogP contribution in [0.3, 0.4) is 0 Å². The number of hydrogen-bond acceptors (Lipinski definition) is 4. The first kappa shape index (κ1) is 20.5. The maximum atomic E-state index is 13.1. The Morgan fingerprint density at radius 3 is 2.72 bits per heavy atom. The molecule has 0 spiro atoms. The molecule has 0 fully saturated rings. The van der Waals surface area contributed by atoms with Crippen molar-refractivity contribution in [3.8, 4) is 5.69 Å². The highest BCUT2D eigenvalue weighted by Crippen LogP contribution is 2.35. The number of nitrogens with one attached hydrogen (secondary N) is 1. The van der Waals surface area contributed by atoms with Gasteiger partial charge in [0.1, 0.15) is 11.6 Å². The topological polar surface area (TPSA) is 77.6 Å². The lowest BCUT2D eigenvalue weighted by molar-refractivity contribution is 0.101. The molecule has 2 aromatic heterocycles. The SMILES string of the molecule is Cc1cnn(C2CCCc3ccccc32)c1NC(=O)c1nc(C)n(-c2ccc(Cl)cc2)n1. The smallest absolute Gasteiger partial charge is 0.296 e. The van der Waals surface area contributed by atoms with Crippen LogP contribution in [0.2, 0.25) is 5.02 Å². The quantitative estimate of drug-likeness (QED) is 0.483. The second kappa shape index (κ2) is 8.24. The predicted octanol–water partition coefficient (Wildman–Crippen LogP) is 4.91. The summed E-state index contributed by atoms with van der Waals surface area (Å²) in [6.45, 7) is 3.76. The molecular weight excluding hydrogens is 424 g/mol. The monoisotopic (exact) mass is 446 g/mol. The summed E-state index contributed by atoms with van der Waals surface area (Å²) >= 11 is 5.98. The van der Waals surface area contributed by atoms with Gasteiger partial charge in [0.05, 0.1) is 17.9 Å². The Bertz CT molecular complexity index is 1290. The molecule has 7 nitrogen and oxygen atoms in total.